The summed E-state index contributed by atoms with van der Waals surface area (Å²) in [5.74, 6) is -2.14. The zero-order valence-electron chi connectivity index (χ0n) is 12.3. The van der Waals surface area contributed by atoms with E-state index in [4.69, 9.17) is 5.11 Å². The van der Waals surface area contributed by atoms with Gasteiger partial charge in [-0.25, -0.2) is 4.39 Å². The Hall–Kier alpha value is -1.91. The summed E-state index contributed by atoms with van der Waals surface area (Å²) in [4.78, 5) is 23.2. The molecule has 2 N–H and O–H groups in total. The fourth-order valence-corrected chi connectivity index (χ4v) is 3.48. The van der Waals surface area contributed by atoms with Crippen molar-refractivity contribution in [2.24, 2.45) is 17.8 Å². The van der Waals surface area contributed by atoms with Crippen molar-refractivity contribution in [3.63, 3.8) is 0 Å². The number of hydrogen-bond donors (Lipinski definition) is 2. The standard InChI is InChI=1S/C17H20FNO3/c18-12-7-3-6-11(8-12)15(10-4-1-2-5-10)19-16(20)13-9-14(13)17(21)22/h3,6-8,10,13-15H,1-2,4-5,9H2,(H,19,20)(H,21,22). The Labute approximate surface area is 128 Å². The first-order valence-electron chi connectivity index (χ1n) is 7.85. The van der Waals surface area contributed by atoms with E-state index in [1.54, 1.807) is 6.07 Å². The van der Waals surface area contributed by atoms with Gasteiger partial charge in [-0.1, -0.05) is 25.0 Å². The normalized spacial score (nSPS) is 25.7. The maximum absolute atomic E-state index is 13.5. The third kappa shape index (κ3) is 3.13. The fraction of sp³-hybridized carbons (Fsp3) is 0.529. The van der Waals surface area contributed by atoms with Crippen LogP contribution in [0, 0.1) is 23.6 Å². The summed E-state index contributed by atoms with van der Waals surface area (Å²) < 4.78 is 13.5. The van der Waals surface area contributed by atoms with E-state index < -0.39 is 17.8 Å². The predicted octanol–water partition coefficient (Wildman–Crippen LogP) is 2.89. The van der Waals surface area contributed by atoms with Gasteiger partial charge in [-0.2, -0.15) is 0 Å². The Morgan fingerprint density at radius 2 is 1.95 bits per heavy atom. The molecule has 118 valence electrons. The Balaban J connectivity index is 1.74. The maximum atomic E-state index is 13.5. The zero-order chi connectivity index (χ0) is 15.7. The average molecular weight is 305 g/mol. The number of rotatable bonds is 5. The van der Waals surface area contributed by atoms with Crippen molar-refractivity contribution in [3.05, 3.63) is 35.6 Å². The molecule has 0 saturated heterocycles. The summed E-state index contributed by atoms with van der Waals surface area (Å²) >= 11 is 0. The van der Waals surface area contributed by atoms with E-state index in [-0.39, 0.29) is 17.8 Å². The van der Waals surface area contributed by atoms with Gasteiger partial charge < -0.3 is 10.4 Å². The number of carbonyl (C=O) groups excluding carboxylic acids is 1. The van der Waals surface area contributed by atoms with Crippen LogP contribution in [0.25, 0.3) is 0 Å². The lowest BCUT2D eigenvalue weighted by Crippen LogP contribution is -2.34. The summed E-state index contributed by atoms with van der Waals surface area (Å²) in [6.45, 7) is 0. The summed E-state index contributed by atoms with van der Waals surface area (Å²) in [6.07, 6.45) is 4.66. The Bertz CT molecular complexity index is 583. The van der Waals surface area contributed by atoms with Gasteiger partial charge in [0.25, 0.3) is 0 Å². The molecule has 0 aromatic heterocycles. The first-order valence-corrected chi connectivity index (χ1v) is 7.85. The van der Waals surface area contributed by atoms with Crippen LogP contribution in [0.2, 0.25) is 0 Å². The van der Waals surface area contributed by atoms with Gasteiger partial charge in [0.2, 0.25) is 5.91 Å². The minimum atomic E-state index is -0.914. The second-order valence-electron chi connectivity index (χ2n) is 6.37. The monoisotopic (exact) mass is 305 g/mol. The lowest BCUT2D eigenvalue weighted by atomic mass is 9.91. The molecular formula is C17H20FNO3. The van der Waals surface area contributed by atoms with Crippen LogP contribution < -0.4 is 5.32 Å². The van der Waals surface area contributed by atoms with Crippen LogP contribution in [-0.2, 0) is 9.59 Å². The van der Waals surface area contributed by atoms with E-state index in [1.165, 1.54) is 12.1 Å². The number of carboxylic acid groups (broad SMARTS) is 1. The molecule has 0 bridgehead atoms. The molecule has 2 aliphatic rings. The minimum Gasteiger partial charge on any atom is -0.481 e. The molecule has 2 fully saturated rings. The summed E-state index contributed by atoms with van der Waals surface area (Å²) in [7, 11) is 0. The van der Waals surface area contributed by atoms with E-state index in [0.717, 1.165) is 31.2 Å². The molecule has 2 aliphatic carbocycles. The summed E-state index contributed by atoms with van der Waals surface area (Å²) in [5.41, 5.74) is 0.771. The average Bonchev–Trinajstić information content (AvgIpc) is 3.12. The first-order chi connectivity index (χ1) is 10.6. The highest BCUT2D eigenvalue weighted by atomic mass is 19.1. The third-order valence-corrected chi connectivity index (χ3v) is 4.82. The quantitative estimate of drug-likeness (QED) is 0.879. The Morgan fingerprint density at radius 1 is 1.23 bits per heavy atom. The van der Waals surface area contributed by atoms with Gasteiger partial charge in [0.1, 0.15) is 5.82 Å². The molecule has 1 aromatic rings. The number of hydrogen-bond acceptors (Lipinski definition) is 2. The molecule has 4 nitrogen and oxygen atoms in total. The molecule has 0 aliphatic heterocycles. The minimum absolute atomic E-state index is 0.214. The van der Waals surface area contributed by atoms with Crippen LogP contribution in [-0.4, -0.2) is 17.0 Å². The number of nitrogens with one attached hydrogen (secondary N) is 1. The molecule has 22 heavy (non-hydrogen) atoms. The lowest BCUT2D eigenvalue weighted by Gasteiger charge is -2.25. The lowest BCUT2D eigenvalue weighted by molar-refractivity contribution is -0.140. The van der Waals surface area contributed by atoms with Crippen LogP contribution >= 0.6 is 0 Å². The van der Waals surface area contributed by atoms with E-state index in [1.807, 2.05) is 6.07 Å². The smallest absolute Gasteiger partial charge is 0.307 e. The molecule has 3 rings (SSSR count). The molecule has 5 heteroatoms. The summed E-state index contributed by atoms with van der Waals surface area (Å²) in [5, 5.41) is 11.9. The van der Waals surface area contributed by atoms with E-state index in [9.17, 15) is 14.0 Å². The highest BCUT2D eigenvalue weighted by molar-refractivity contribution is 5.89. The van der Waals surface area contributed by atoms with Crippen molar-refractivity contribution in [2.75, 3.05) is 0 Å². The van der Waals surface area contributed by atoms with Crippen LogP contribution in [0.3, 0.4) is 0 Å². The molecule has 3 unspecified atom stereocenters. The van der Waals surface area contributed by atoms with Crippen molar-refractivity contribution >= 4 is 11.9 Å². The van der Waals surface area contributed by atoms with Gasteiger partial charge in [0, 0.05) is 0 Å². The number of halogens is 1. The molecule has 1 amide bonds. The van der Waals surface area contributed by atoms with Crippen LogP contribution in [0.15, 0.2) is 24.3 Å². The summed E-state index contributed by atoms with van der Waals surface area (Å²) in [6, 6.07) is 6.10. The van der Waals surface area contributed by atoms with Gasteiger partial charge in [0.05, 0.1) is 17.9 Å². The topological polar surface area (TPSA) is 66.4 Å². The second kappa shape index (κ2) is 6.07. The third-order valence-electron chi connectivity index (χ3n) is 4.82. The molecule has 0 heterocycles. The molecule has 1 aromatic carbocycles. The predicted molar refractivity (Wildman–Crippen MR) is 78.5 cm³/mol. The molecular weight excluding hydrogens is 285 g/mol. The van der Waals surface area contributed by atoms with Gasteiger partial charge in [-0.3, -0.25) is 9.59 Å². The first kappa shape index (κ1) is 15.0. The van der Waals surface area contributed by atoms with E-state index in [0.29, 0.717) is 12.3 Å². The number of carboxylic acids is 1. The van der Waals surface area contributed by atoms with E-state index in [2.05, 4.69) is 5.32 Å². The van der Waals surface area contributed by atoms with Gasteiger partial charge in [-0.05, 0) is 42.9 Å². The fourth-order valence-electron chi connectivity index (χ4n) is 3.48. The van der Waals surface area contributed by atoms with Gasteiger partial charge in [0.15, 0.2) is 0 Å². The van der Waals surface area contributed by atoms with Gasteiger partial charge in [-0.15, -0.1) is 0 Å². The highest BCUT2D eigenvalue weighted by Gasteiger charge is 2.49. The molecule has 0 radical (unpaired) electrons. The molecule has 2 saturated carbocycles. The Morgan fingerprint density at radius 3 is 2.55 bits per heavy atom. The van der Waals surface area contributed by atoms with Crippen molar-refractivity contribution in [1.29, 1.82) is 0 Å². The number of carbonyl (C=O) groups is 2. The van der Waals surface area contributed by atoms with Crippen molar-refractivity contribution in [3.8, 4) is 0 Å². The van der Waals surface area contributed by atoms with Gasteiger partial charge >= 0.3 is 5.97 Å². The highest BCUT2D eigenvalue weighted by Crippen LogP contribution is 2.41. The molecule has 3 atom stereocenters. The van der Waals surface area contributed by atoms with E-state index >= 15 is 0 Å². The SMILES string of the molecule is O=C(O)C1CC1C(=O)NC(c1cccc(F)c1)C1CCCC1. The Kier molecular flexibility index (Phi) is 4.14. The molecule has 0 spiro atoms. The largest absolute Gasteiger partial charge is 0.481 e. The van der Waals surface area contributed by atoms with Crippen LogP contribution in [0.4, 0.5) is 4.39 Å². The van der Waals surface area contributed by atoms with Crippen LogP contribution in [0.1, 0.15) is 43.7 Å². The number of benzene rings is 1. The van der Waals surface area contributed by atoms with Crippen molar-refractivity contribution < 1.29 is 19.1 Å². The maximum Gasteiger partial charge on any atom is 0.307 e. The number of amides is 1. The van der Waals surface area contributed by atoms with Crippen molar-refractivity contribution in [1.82, 2.24) is 5.32 Å². The number of aliphatic carboxylic acids is 1. The zero-order valence-corrected chi connectivity index (χ0v) is 12.3. The van der Waals surface area contributed by atoms with Crippen molar-refractivity contribution in [2.45, 2.75) is 38.1 Å². The second-order valence-corrected chi connectivity index (χ2v) is 6.37. The van der Waals surface area contributed by atoms with Crippen LogP contribution in [0.5, 0.6) is 0 Å².